The summed E-state index contributed by atoms with van der Waals surface area (Å²) in [6.07, 6.45) is 51.3. The molecule has 0 fully saturated rings. The number of hydrogen-bond acceptors (Lipinski definition) is 15. The van der Waals surface area contributed by atoms with Crippen LogP contribution in [0.25, 0.3) is 0 Å². The van der Waals surface area contributed by atoms with Crippen molar-refractivity contribution in [3.8, 4) is 0 Å². The van der Waals surface area contributed by atoms with Crippen LogP contribution in [-0.4, -0.2) is 96.7 Å². The normalized spacial score (nSPS) is 14.4. The lowest BCUT2D eigenvalue weighted by Gasteiger charge is -2.21. The van der Waals surface area contributed by atoms with Gasteiger partial charge in [-0.05, 0) is 43.4 Å². The van der Waals surface area contributed by atoms with E-state index in [2.05, 4.69) is 48.5 Å². The van der Waals surface area contributed by atoms with Gasteiger partial charge in [0.1, 0.15) is 19.3 Å². The molecule has 17 nitrogen and oxygen atoms in total. The maximum Gasteiger partial charge on any atom is 0.472 e. The summed E-state index contributed by atoms with van der Waals surface area (Å²) in [5, 5.41) is 10.6. The summed E-state index contributed by atoms with van der Waals surface area (Å²) in [5.74, 6) is 0.173. The van der Waals surface area contributed by atoms with Crippen molar-refractivity contribution in [3.05, 3.63) is 0 Å². The monoisotopic (exact) mass is 1380 g/mol. The van der Waals surface area contributed by atoms with E-state index in [9.17, 15) is 43.2 Å². The minimum Gasteiger partial charge on any atom is -0.462 e. The van der Waals surface area contributed by atoms with Gasteiger partial charge >= 0.3 is 39.5 Å². The van der Waals surface area contributed by atoms with Crippen molar-refractivity contribution in [2.75, 3.05) is 39.6 Å². The molecule has 0 saturated heterocycles. The van der Waals surface area contributed by atoms with Crippen LogP contribution in [0.2, 0.25) is 0 Å². The molecular weight excluding hydrogens is 1230 g/mol. The molecule has 94 heavy (non-hydrogen) atoms. The van der Waals surface area contributed by atoms with Crippen LogP contribution >= 0.6 is 15.6 Å². The highest BCUT2D eigenvalue weighted by molar-refractivity contribution is 7.47. The van der Waals surface area contributed by atoms with E-state index in [1.807, 2.05) is 0 Å². The van der Waals surface area contributed by atoms with Gasteiger partial charge < -0.3 is 33.8 Å². The minimum atomic E-state index is -4.96. The number of aliphatic hydroxyl groups excluding tert-OH is 1. The zero-order valence-corrected chi connectivity index (χ0v) is 63.2. The van der Waals surface area contributed by atoms with Crippen molar-refractivity contribution >= 4 is 39.5 Å². The third-order valence-corrected chi connectivity index (χ3v) is 19.6. The predicted molar refractivity (Wildman–Crippen MR) is 381 cm³/mol. The van der Waals surface area contributed by atoms with Gasteiger partial charge in [-0.15, -0.1) is 0 Å². The average molecular weight is 1380 g/mol. The Morgan fingerprint density at radius 3 is 0.809 bits per heavy atom. The van der Waals surface area contributed by atoms with Crippen LogP contribution in [0, 0.1) is 17.8 Å². The molecule has 3 unspecified atom stereocenters. The van der Waals surface area contributed by atoms with Crippen molar-refractivity contribution in [3.63, 3.8) is 0 Å². The van der Waals surface area contributed by atoms with Gasteiger partial charge in [-0.1, -0.05) is 331 Å². The topological polar surface area (TPSA) is 237 Å². The quantitative estimate of drug-likeness (QED) is 0.0222. The number of phosphoric ester groups is 2. The van der Waals surface area contributed by atoms with Crippen molar-refractivity contribution in [1.29, 1.82) is 0 Å². The molecule has 0 aromatic rings. The van der Waals surface area contributed by atoms with Crippen LogP contribution < -0.4 is 0 Å². The Kier molecular flexibility index (Phi) is 64.3. The number of phosphoric acid groups is 2. The third-order valence-electron chi connectivity index (χ3n) is 17.7. The fourth-order valence-electron chi connectivity index (χ4n) is 11.4. The molecule has 0 aliphatic rings. The first-order valence-electron chi connectivity index (χ1n) is 38.9. The predicted octanol–water partition coefficient (Wildman–Crippen LogP) is 21.8. The lowest BCUT2D eigenvalue weighted by molar-refractivity contribution is -0.161. The van der Waals surface area contributed by atoms with Crippen molar-refractivity contribution in [2.45, 2.75) is 401 Å². The summed E-state index contributed by atoms with van der Waals surface area (Å²) >= 11 is 0. The molecule has 0 aromatic heterocycles. The van der Waals surface area contributed by atoms with E-state index in [4.69, 9.17) is 37.0 Å². The lowest BCUT2D eigenvalue weighted by Crippen LogP contribution is -2.30. The number of carbonyl (C=O) groups is 4. The first-order chi connectivity index (χ1) is 45.3. The highest BCUT2D eigenvalue weighted by atomic mass is 31.2. The molecule has 0 heterocycles. The van der Waals surface area contributed by atoms with Crippen molar-refractivity contribution < 1.29 is 80.2 Å². The first kappa shape index (κ1) is 92.1. The second-order valence-electron chi connectivity index (χ2n) is 28.2. The Bertz CT molecular complexity index is 1840. The zero-order valence-electron chi connectivity index (χ0n) is 61.4. The minimum absolute atomic E-state index is 0.107. The van der Waals surface area contributed by atoms with Crippen molar-refractivity contribution in [1.82, 2.24) is 0 Å². The van der Waals surface area contributed by atoms with E-state index < -0.39 is 97.5 Å². The summed E-state index contributed by atoms with van der Waals surface area (Å²) < 4.78 is 68.5. The van der Waals surface area contributed by atoms with Gasteiger partial charge in [-0.25, -0.2) is 9.13 Å². The van der Waals surface area contributed by atoms with Gasteiger partial charge in [-0.3, -0.25) is 37.3 Å². The van der Waals surface area contributed by atoms with Crippen LogP contribution in [0.1, 0.15) is 382 Å². The maximum atomic E-state index is 13.1. The van der Waals surface area contributed by atoms with Crippen LogP contribution in [0.3, 0.4) is 0 Å². The summed E-state index contributed by atoms with van der Waals surface area (Å²) in [6, 6.07) is 0. The smallest absolute Gasteiger partial charge is 0.462 e. The van der Waals surface area contributed by atoms with Crippen LogP contribution in [-0.2, 0) is 65.4 Å². The summed E-state index contributed by atoms with van der Waals surface area (Å²) in [5.41, 5.74) is 0. The fraction of sp³-hybridized carbons (Fsp3) is 0.947. The number of ether oxygens (including phenoxy) is 4. The largest absolute Gasteiger partial charge is 0.472 e. The Morgan fingerprint density at radius 2 is 0.543 bits per heavy atom. The van der Waals surface area contributed by atoms with Gasteiger partial charge in [0.2, 0.25) is 0 Å². The van der Waals surface area contributed by atoms with Gasteiger partial charge in [0.05, 0.1) is 26.4 Å². The van der Waals surface area contributed by atoms with Crippen molar-refractivity contribution in [2.24, 2.45) is 17.8 Å². The lowest BCUT2D eigenvalue weighted by atomic mass is 10.00. The Morgan fingerprint density at radius 1 is 0.309 bits per heavy atom. The Labute approximate surface area is 575 Å². The second-order valence-corrected chi connectivity index (χ2v) is 31.1. The SMILES string of the molecule is CCCCCCCCCCCCCCCC(=O)O[C@H](COC(=O)CCCCCCCCC(C)CC)COP(=O)(O)OC[C@H](O)COP(=O)(O)OC[C@@H](COC(=O)CCCCCCCCCCCCC(C)C)OC(=O)CCCCCCCCCCCCCCCCCC(C)C. The van der Waals surface area contributed by atoms with Gasteiger partial charge in [0.15, 0.2) is 12.2 Å². The molecule has 0 amide bonds. The molecule has 19 heteroatoms. The van der Waals surface area contributed by atoms with E-state index in [0.29, 0.717) is 25.7 Å². The highest BCUT2D eigenvalue weighted by Crippen LogP contribution is 2.45. The highest BCUT2D eigenvalue weighted by Gasteiger charge is 2.30. The summed E-state index contributed by atoms with van der Waals surface area (Å²) in [4.78, 5) is 72.8. The van der Waals surface area contributed by atoms with E-state index >= 15 is 0 Å². The Balaban J connectivity index is 5.25. The third kappa shape index (κ3) is 67.3. The number of aliphatic hydroxyl groups is 1. The molecule has 0 radical (unpaired) electrons. The number of rotatable bonds is 73. The van der Waals surface area contributed by atoms with Crippen LogP contribution in [0.15, 0.2) is 0 Å². The Hall–Kier alpha value is -1.94. The van der Waals surface area contributed by atoms with Crippen LogP contribution in [0.5, 0.6) is 0 Å². The molecular formula is C75H146O17P2. The molecule has 0 aliphatic carbocycles. The van der Waals surface area contributed by atoms with Crippen LogP contribution in [0.4, 0.5) is 0 Å². The van der Waals surface area contributed by atoms with Gasteiger partial charge in [0.25, 0.3) is 0 Å². The average Bonchev–Trinajstić information content (AvgIpc) is 1.36. The van der Waals surface area contributed by atoms with E-state index in [0.717, 1.165) is 114 Å². The van der Waals surface area contributed by atoms with E-state index in [-0.39, 0.29) is 25.7 Å². The molecule has 0 bridgehead atoms. The molecule has 6 atom stereocenters. The number of hydrogen-bond donors (Lipinski definition) is 3. The molecule has 0 saturated carbocycles. The maximum absolute atomic E-state index is 13.1. The first-order valence-corrected chi connectivity index (χ1v) is 41.9. The molecule has 0 aliphatic heterocycles. The number of carbonyl (C=O) groups excluding carboxylic acids is 4. The molecule has 558 valence electrons. The summed E-state index contributed by atoms with van der Waals surface area (Å²) in [6.45, 7) is 11.9. The standard InChI is InChI=1S/C75H146O17P2/c1-8-10-11-12-13-14-15-19-23-30-35-44-51-58-75(80)92-71(63-86-73(78)57-50-43-38-37-41-48-55-68(7)9-2)65-90-94(83,84)88-61-69(76)60-87-93(81,82)89-64-70(62-85-72(77)56-49-42-34-29-26-25-28-33-40-47-54-67(5)6)91-74(79)59-52-45-36-31-24-21-18-16-17-20-22-27-32-39-46-53-66(3)4/h66-71,76H,8-65H2,1-7H3,(H,81,82)(H,83,84)/t68?,69-,70-,71-/m1/s1. The summed E-state index contributed by atoms with van der Waals surface area (Å²) in [7, 11) is -9.91. The van der Waals surface area contributed by atoms with E-state index in [1.54, 1.807) is 0 Å². The second kappa shape index (κ2) is 65.7. The number of esters is 4. The zero-order chi connectivity index (χ0) is 69.4. The van der Waals surface area contributed by atoms with Gasteiger partial charge in [0, 0.05) is 25.7 Å². The molecule has 0 rings (SSSR count). The molecule has 3 N–H and O–H groups in total. The van der Waals surface area contributed by atoms with Gasteiger partial charge in [-0.2, -0.15) is 0 Å². The molecule has 0 spiro atoms. The molecule has 0 aromatic carbocycles. The fourth-order valence-corrected chi connectivity index (χ4v) is 13.0. The van der Waals surface area contributed by atoms with E-state index in [1.165, 1.54) is 186 Å². The number of unbranched alkanes of at least 4 members (excludes halogenated alkanes) is 40.